The summed E-state index contributed by atoms with van der Waals surface area (Å²) in [5.41, 5.74) is 6.07. The smallest absolute Gasteiger partial charge is 0.266 e. The number of amides is 1. The molecule has 3 aromatic rings. The highest BCUT2D eigenvalue weighted by Gasteiger charge is 2.16. The quantitative estimate of drug-likeness (QED) is 0.537. The van der Waals surface area contributed by atoms with E-state index in [2.05, 4.69) is 10.4 Å². The SMILES string of the molecule is Cc1ccc(C)c(NC(=O)/C(C#N)=C\c2c(C)nn(-c3ccccc3)c2C)c1. The molecule has 5 nitrogen and oxygen atoms in total. The minimum Gasteiger partial charge on any atom is -0.321 e. The third kappa shape index (κ3) is 3.86. The van der Waals surface area contributed by atoms with Crippen LogP contribution in [0, 0.1) is 39.0 Å². The first-order chi connectivity index (χ1) is 13.4. The number of carbonyl (C=O) groups is 1. The third-order valence-corrected chi connectivity index (χ3v) is 4.64. The molecule has 0 aliphatic heterocycles. The van der Waals surface area contributed by atoms with Crippen LogP contribution in [0.3, 0.4) is 0 Å². The molecular weight excluding hydrogens is 348 g/mol. The fourth-order valence-electron chi connectivity index (χ4n) is 3.04. The molecule has 1 amide bonds. The zero-order chi connectivity index (χ0) is 20.3. The van der Waals surface area contributed by atoms with E-state index in [9.17, 15) is 10.1 Å². The lowest BCUT2D eigenvalue weighted by molar-refractivity contribution is -0.112. The summed E-state index contributed by atoms with van der Waals surface area (Å²) < 4.78 is 1.82. The first-order valence-electron chi connectivity index (χ1n) is 9.02. The molecule has 0 fully saturated rings. The number of aromatic nitrogens is 2. The molecule has 1 heterocycles. The molecule has 5 heteroatoms. The van der Waals surface area contributed by atoms with Crippen LogP contribution >= 0.6 is 0 Å². The Morgan fingerprint density at radius 1 is 1.11 bits per heavy atom. The molecule has 1 aromatic heterocycles. The number of anilines is 1. The molecule has 140 valence electrons. The van der Waals surface area contributed by atoms with Gasteiger partial charge >= 0.3 is 0 Å². The van der Waals surface area contributed by atoms with Gasteiger partial charge in [-0.05, 0) is 63.1 Å². The summed E-state index contributed by atoms with van der Waals surface area (Å²) in [6.45, 7) is 7.68. The first-order valence-corrected chi connectivity index (χ1v) is 9.02. The van der Waals surface area contributed by atoms with Gasteiger partial charge in [-0.3, -0.25) is 4.79 Å². The summed E-state index contributed by atoms with van der Waals surface area (Å²) >= 11 is 0. The zero-order valence-corrected chi connectivity index (χ0v) is 16.4. The van der Waals surface area contributed by atoms with Crippen molar-refractivity contribution >= 4 is 17.7 Å². The van der Waals surface area contributed by atoms with Crippen LogP contribution in [0.1, 0.15) is 28.1 Å². The van der Waals surface area contributed by atoms with Gasteiger partial charge in [0, 0.05) is 16.9 Å². The van der Waals surface area contributed by atoms with E-state index >= 15 is 0 Å². The molecule has 0 atom stereocenters. The Morgan fingerprint density at radius 2 is 1.82 bits per heavy atom. The van der Waals surface area contributed by atoms with E-state index in [-0.39, 0.29) is 5.57 Å². The van der Waals surface area contributed by atoms with Gasteiger partial charge in [0.2, 0.25) is 0 Å². The normalized spacial score (nSPS) is 11.2. The van der Waals surface area contributed by atoms with Gasteiger partial charge in [-0.2, -0.15) is 10.4 Å². The highest BCUT2D eigenvalue weighted by atomic mass is 16.1. The maximum atomic E-state index is 12.7. The Bertz CT molecular complexity index is 1100. The van der Waals surface area contributed by atoms with E-state index in [4.69, 9.17) is 0 Å². The molecule has 0 aliphatic carbocycles. The Labute approximate surface area is 164 Å². The minimum absolute atomic E-state index is 0.0414. The van der Waals surface area contributed by atoms with Crippen LogP contribution in [0.2, 0.25) is 0 Å². The minimum atomic E-state index is -0.428. The number of hydrogen-bond acceptors (Lipinski definition) is 3. The monoisotopic (exact) mass is 370 g/mol. The third-order valence-electron chi connectivity index (χ3n) is 4.64. The molecule has 0 radical (unpaired) electrons. The molecule has 0 aliphatic rings. The Morgan fingerprint density at radius 3 is 2.50 bits per heavy atom. The summed E-state index contributed by atoms with van der Waals surface area (Å²) in [5, 5.41) is 17.0. The van der Waals surface area contributed by atoms with Crippen LogP contribution in [0.4, 0.5) is 5.69 Å². The Balaban J connectivity index is 1.95. The summed E-state index contributed by atoms with van der Waals surface area (Å²) in [6, 6.07) is 17.6. The molecule has 0 bridgehead atoms. The molecule has 0 spiro atoms. The van der Waals surface area contributed by atoms with Crippen molar-refractivity contribution in [3.63, 3.8) is 0 Å². The van der Waals surface area contributed by atoms with E-state index in [0.29, 0.717) is 5.69 Å². The predicted octanol–water partition coefficient (Wildman–Crippen LogP) is 4.65. The lowest BCUT2D eigenvalue weighted by Gasteiger charge is -2.09. The van der Waals surface area contributed by atoms with Gasteiger partial charge in [0.25, 0.3) is 5.91 Å². The van der Waals surface area contributed by atoms with Crippen LogP contribution in [0.5, 0.6) is 0 Å². The number of nitrogens with zero attached hydrogens (tertiary/aromatic N) is 3. The fraction of sp³-hybridized carbons (Fsp3) is 0.174. The molecule has 28 heavy (non-hydrogen) atoms. The molecule has 3 rings (SSSR count). The van der Waals surface area contributed by atoms with Crippen LogP contribution < -0.4 is 5.32 Å². The summed E-state index contributed by atoms with van der Waals surface area (Å²) in [4.78, 5) is 12.7. The number of rotatable bonds is 4. The Kier molecular flexibility index (Phi) is 5.42. The average molecular weight is 370 g/mol. The van der Waals surface area contributed by atoms with Crippen molar-refractivity contribution in [3.05, 3.63) is 82.2 Å². The van der Waals surface area contributed by atoms with Gasteiger partial charge < -0.3 is 5.32 Å². The summed E-state index contributed by atoms with van der Waals surface area (Å²) in [6.07, 6.45) is 1.61. The molecule has 1 N–H and O–H groups in total. The van der Waals surface area contributed by atoms with Crippen molar-refractivity contribution in [2.75, 3.05) is 5.32 Å². The second-order valence-electron chi connectivity index (χ2n) is 6.77. The van der Waals surface area contributed by atoms with Crippen molar-refractivity contribution < 1.29 is 4.79 Å². The lowest BCUT2D eigenvalue weighted by Crippen LogP contribution is -2.14. The van der Waals surface area contributed by atoms with Crippen molar-refractivity contribution in [2.45, 2.75) is 27.7 Å². The standard InChI is InChI=1S/C23H22N4O/c1-15-10-11-16(2)22(12-15)25-23(28)19(14-24)13-21-17(3)26-27(18(21)4)20-8-6-5-7-9-20/h5-13H,1-4H3,(H,25,28)/b19-13-. The van der Waals surface area contributed by atoms with Crippen LogP contribution in [-0.4, -0.2) is 15.7 Å². The predicted molar refractivity (Wildman–Crippen MR) is 111 cm³/mol. The number of nitriles is 1. The van der Waals surface area contributed by atoms with Gasteiger partial charge in [-0.25, -0.2) is 4.68 Å². The van der Waals surface area contributed by atoms with Gasteiger partial charge in [0.15, 0.2) is 0 Å². The number of aryl methyl sites for hydroxylation is 3. The fourth-order valence-corrected chi connectivity index (χ4v) is 3.04. The molecule has 0 saturated carbocycles. The summed E-state index contributed by atoms with van der Waals surface area (Å²) in [7, 11) is 0. The maximum absolute atomic E-state index is 12.7. The molecule has 0 saturated heterocycles. The van der Waals surface area contributed by atoms with Crippen LogP contribution in [0.15, 0.2) is 54.1 Å². The largest absolute Gasteiger partial charge is 0.321 e. The highest BCUT2D eigenvalue weighted by Crippen LogP contribution is 2.22. The number of hydrogen-bond donors (Lipinski definition) is 1. The summed E-state index contributed by atoms with van der Waals surface area (Å²) in [5.74, 6) is -0.428. The van der Waals surface area contributed by atoms with Crippen molar-refractivity contribution in [2.24, 2.45) is 0 Å². The molecule has 2 aromatic carbocycles. The first kappa shape index (κ1) is 19.1. The van der Waals surface area contributed by atoms with Gasteiger partial charge in [0.05, 0.1) is 11.4 Å². The van der Waals surface area contributed by atoms with E-state index < -0.39 is 5.91 Å². The van der Waals surface area contributed by atoms with Crippen molar-refractivity contribution in [1.29, 1.82) is 5.26 Å². The van der Waals surface area contributed by atoms with Gasteiger partial charge in [0.1, 0.15) is 11.6 Å². The molecule has 0 unspecified atom stereocenters. The van der Waals surface area contributed by atoms with E-state index in [1.54, 1.807) is 6.08 Å². The number of para-hydroxylation sites is 1. The van der Waals surface area contributed by atoms with Gasteiger partial charge in [-0.1, -0.05) is 30.3 Å². The Hall–Kier alpha value is -3.65. The highest BCUT2D eigenvalue weighted by molar-refractivity contribution is 6.10. The van der Waals surface area contributed by atoms with Crippen molar-refractivity contribution in [3.8, 4) is 11.8 Å². The number of carbonyl (C=O) groups excluding carboxylic acids is 1. The topological polar surface area (TPSA) is 70.7 Å². The van der Waals surface area contributed by atoms with Gasteiger partial charge in [-0.15, -0.1) is 0 Å². The lowest BCUT2D eigenvalue weighted by atomic mass is 10.1. The van der Waals surface area contributed by atoms with Crippen LogP contribution in [-0.2, 0) is 4.79 Å². The van der Waals surface area contributed by atoms with E-state index in [1.807, 2.05) is 87.0 Å². The second-order valence-corrected chi connectivity index (χ2v) is 6.77. The second kappa shape index (κ2) is 7.93. The van der Waals surface area contributed by atoms with Crippen molar-refractivity contribution in [1.82, 2.24) is 9.78 Å². The maximum Gasteiger partial charge on any atom is 0.266 e. The average Bonchev–Trinajstić information content (AvgIpc) is 2.97. The van der Waals surface area contributed by atoms with Crippen LogP contribution in [0.25, 0.3) is 11.8 Å². The van der Waals surface area contributed by atoms with E-state index in [1.165, 1.54) is 0 Å². The number of nitrogens with one attached hydrogen (secondary N) is 1. The van der Waals surface area contributed by atoms with E-state index in [0.717, 1.165) is 33.8 Å². The number of benzene rings is 2. The zero-order valence-electron chi connectivity index (χ0n) is 16.4. The molecular formula is C23H22N4O.